The molecule has 0 aromatic heterocycles. The van der Waals surface area contributed by atoms with Crippen molar-refractivity contribution < 1.29 is 9.47 Å². The molecular weight excluding hydrogens is 320 g/mol. The molecule has 0 radical (unpaired) electrons. The highest BCUT2D eigenvalue weighted by atomic mass is 79.9. The maximum atomic E-state index is 7.41. The van der Waals surface area contributed by atoms with Crippen LogP contribution in [0.2, 0.25) is 0 Å². The quantitative estimate of drug-likeness (QED) is 0.651. The summed E-state index contributed by atoms with van der Waals surface area (Å²) in [6.45, 7) is 0.402. The number of methoxy groups -OCH3 is 1. The van der Waals surface area contributed by atoms with Crippen LogP contribution in [0.15, 0.2) is 46.9 Å². The van der Waals surface area contributed by atoms with Crippen molar-refractivity contribution in [3.8, 4) is 11.5 Å². The van der Waals surface area contributed by atoms with Gasteiger partial charge in [-0.3, -0.25) is 5.41 Å². The number of nitrogens with two attached hydrogens (primary N) is 1. The van der Waals surface area contributed by atoms with Gasteiger partial charge in [-0.25, -0.2) is 0 Å². The van der Waals surface area contributed by atoms with E-state index in [0.717, 1.165) is 15.8 Å². The molecule has 2 rings (SSSR count). The highest BCUT2D eigenvalue weighted by molar-refractivity contribution is 9.10. The fraction of sp³-hybridized carbons (Fsp3) is 0.133. The number of benzene rings is 2. The van der Waals surface area contributed by atoms with E-state index in [1.54, 1.807) is 19.2 Å². The molecule has 0 spiro atoms. The molecule has 0 aliphatic rings. The number of halogens is 1. The van der Waals surface area contributed by atoms with Crippen LogP contribution in [0.1, 0.15) is 11.1 Å². The Hall–Kier alpha value is -2.01. The monoisotopic (exact) mass is 334 g/mol. The lowest BCUT2D eigenvalue weighted by Crippen LogP contribution is -2.10. The molecule has 104 valence electrons. The molecule has 0 unspecified atom stereocenters. The molecule has 0 heterocycles. The Morgan fingerprint density at radius 3 is 2.70 bits per heavy atom. The average molecular weight is 335 g/mol. The summed E-state index contributed by atoms with van der Waals surface area (Å²) < 4.78 is 11.9. The van der Waals surface area contributed by atoms with E-state index < -0.39 is 0 Å². The number of hydrogen-bond donors (Lipinski definition) is 2. The van der Waals surface area contributed by atoms with Crippen molar-refractivity contribution in [1.82, 2.24) is 0 Å². The Labute approximate surface area is 126 Å². The summed E-state index contributed by atoms with van der Waals surface area (Å²) in [4.78, 5) is 0. The van der Waals surface area contributed by atoms with Crippen molar-refractivity contribution in [2.24, 2.45) is 5.73 Å². The van der Waals surface area contributed by atoms with Gasteiger partial charge in [0.2, 0.25) is 0 Å². The maximum Gasteiger partial charge on any atom is 0.122 e. The lowest BCUT2D eigenvalue weighted by atomic mass is 10.2. The van der Waals surface area contributed by atoms with Gasteiger partial charge in [-0.1, -0.05) is 28.1 Å². The molecule has 3 N–H and O–H groups in total. The Morgan fingerprint density at radius 2 is 2.00 bits per heavy atom. The molecule has 0 saturated heterocycles. The Kier molecular flexibility index (Phi) is 4.63. The Balaban J connectivity index is 2.12. The predicted octanol–water partition coefficient (Wildman–Crippen LogP) is 3.32. The molecule has 5 heteroatoms. The van der Waals surface area contributed by atoms with Gasteiger partial charge in [0, 0.05) is 15.6 Å². The van der Waals surface area contributed by atoms with E-state index in [4.69, 9.17) is 20.6 Å². The van der Waals surface area contributed by atoms with Gasteiger partial charge >= 0.3 is 0 Å². The third-order valence-corrected chi connectivity index (χ3v) is 3.57. The van der Waals surface area contributed by atoms with E-state index in [-0.39, 0.29) is 5.84 Å². The van der Waals surface area contributed by atoms with E-state index in [2.05, 4.69) is 15.9 Å². The van der Waals surface area contributed by atoms with Gasteiger partial charge in [0.1, 0.15) is 23.9 Å². The predicted molar refractivity (Wildman–Crippen MR) is 82.5 cm³/mol. The van der Waals surface area contributed by atoms with Crippen LogP contribution in [0.5, 0.6) is 11.5 Å². The van der Waals surface area contributed by atoms with E-state index in [1.165, 1.54) is 0 Å². The minimum absolute atomic E-state index is 0.0259. The Bertz CT molecular complexity index is 629. The van der Waals surface area contributed by atoms with Crippen molar-refractivity contribution in [2.45, 2.75) is 6.61 Å². The highest BCUT2D eigenvalue weighted by Gasteiger charge is 2.04. The first-order valence-corrected chi connectivity index (χ1v) is 6.79. The van der Waals surface area contributed by atoms with Crippen molar-refractivity contribution >= 4 is 21.8 Å². The first-order valence-electron chi connectivity index (χ1n) is 6.00. The lowest BCUT2D eigenvalue weighted by molar-refractivity contribution is 0.304. The van der Waals surface area contributed by atoms with Crippen LogP contribution in [0.4, 0.5) is 0 Å². The van der Waals surface area contributed by atoms with Crippen molar-refractivity contribution in [1.29, 1.82) is 5.41 Å². The van der Waals surface area contributed by atoms with Gasteiger partial charge in [0.15, 0.2) is 0 Å². The Morgan fingerprint density at radius 1 is 1.20 bits per heavy atom. The SMILES string of the molecule is COc1ccc(Br)c(COc2cccc(C(=N)N)c2)c1. The molecule has 0 saturated carbocycles. The number of nitrogens with one attached hydrogen (secondary N) is 1. The summed E-state index contributed by atoms with van der Waals surface area (Å²) in [5, 5.41) is 7.41. The fourth-order valence-electron chi connectivity index (χ4n) is 1.70. The summed E-state index contributed by atoms with van der Waals surface area (Å²) in [7, 11) is 1.63. The summed E-state index contributed by atoms with van der Waals surface area (Å²) in [6, 6.07) is 12.9. The van der Waals surface area contributed by atoms with Gasteiger partial charge in [-0.2, -0.15) is 0 Å². The van der Waals surface area contributed by atoms with Gasteiger partial charge in [-0.05, 0) is 30.3 Å². The van der Waals surface area contributed by atoms with E-state index in [9.17, 15) is 0 Å². The molecule has 0 bridgehead atoms. The third kappa shape index (κ3) is 3.51. The first-order chi connectivity index (χ1) is 9.60. The van der Waals surface area contributed by atoms with Crippen LogP contribution < -0.4 is 15.2 Å². The number of hydrogen-bond acceptors (Lipinski definition) is 3. The van der Waals surface area contributed by atoms with Crippen molar-refractivity contribution in [3.05, 3.63) is 58.1 Å². The summed E-state index contributed by atoms with van der Waals surface area (Å²) >= 11 is 3.48. The van der Waals surface area contributed by atoms with E-state index >= 15 is 0 Å². The second-order valence-electron chi connectivity index (χ2n) is 4.19. The second kappa shape index (κ2) is 6.43. The van der Waals surface area contributed by atoms with E-state index in [0.29, 0.717) is 17.9 Å². The number of ether oxygens (including phenoxy) is 2. The number of rotatable bonds is 5. The normalized spacial score (nSPS) is 10.1. The number of amidine groups is 1. The molecule has 0 aliphatic carbocycles. The molecule has 0 atom stereocenters. The fourth-order valence-corrected chi connectivity index (χ4v) is 2.06. The van der Waals surface area contributed by atoms with Crippen molar-refractivity contribution in [2.75, 3.05) is 7.11 Å². The maximum absolute atomic E-state index is 7.41. The molecule has 2 aromatic carbocycles. The molecule has 0 amide bonds. The van der Waals surface area contributed by atoms with Crippen LogP contribution >= 0.6 is 15.9 Å². The molecular formula is C15H15BrN2O2. The number of nitrogen functional groups attached to an aromatic ring is 1. The van der Waals surface area contributed by atoms with Crippen LogP contribution in [-0.2, 0) is 6.61 Å². The standard InChI is InChI=1S/C15H15BrN2O2/c1-19-12-5-6-14(16)11(8-12)9-20-13-4-2-3-10(7-13)15(17)18/h2-8H,9H2,1H3,(H3,17,18). The van der Waals surface area contributed by atoms with Crippen molar-refractivity contribution in [3.63, 3.8) is 0 Å². The zero-order valence-corrected chi connectivity index (χ0v) is 12.6. The molecule has 4 nitrogen and oxygen atoms in total. The van der Waals surface area contributed by atoms with Gasteiger partial charge in [0.25, 0.3) is 0 Å². The topological polar surface area (TPSA) is 68.3 Å². The van der Waals surface area contributed by atoms with Gasteiger partial charge in [0.05, 0.1) is 7.11 Å². The first kappa shape index (κ1) is 14.4. The van der Waals surface area contributed by atoms with Crippen LogP contribution in [-0.4, -0.2) is 12.9 Å². The molecule has 0 aliphatic heterocycles. The van der Waals surface area contributed by atoms with Gasteiger partial charge in [-0.15, -0.1) is 0 Å². The molecule has 20 heavy (non-hydrogen) atoms. The second-order valence-corrected chi connectivity index (χ2v) is 5.04. The zero-order valence-electron chi connectivity index (χ0n) is 11.0. The smallest absolute Gasteiger partial charge is 0.122 e. The van der Waals surface area contributed by atoms with Gasteiger partial charge < -0.3 is 15.2 Å². The van der Waals surface area contributed by atoms with Crippen LogP contribution in [0.25, 0.3) is 0 Å². The van der Waals surface area contributed by atoms with E-state index in [1.807, 2.05) is 30.3 Å². The third-order valence-electron chi connectivity index (χ3n) is 2.79. The largest absolute Gasteiger partial charge is 0.497 e. The summed E-state index contributed by atoms with van der Waals surface area (Å²) in [5.74, 6) is 1.48. The highest BCUT2D eigenvalue weighted by Crippen LogP contribution is 2.24. The van der Waals surface area contributed by atoms with Crippen LogP contribution in [0, 0.1) is 5.41 Å². The minimum Gasteiger partial charge on any atom is -0.497 e. The molecule has 2 aromatic rings. The average Bonchev–Trinajstić information content (AvgIpc) is 2.46. The molecule has 0 fully saturated rings. The zero-order chi connectivity index (χ0) is 14.5. The van der Waals surface area contributed by atoms with Crippen LogP contribution in [0.3, 0.4) is 0 Å². The lowest BCUT2D eigenvalue weighted by Gasteiger charge is -2.10. The minimum atomic E-state index is 0.0259. The summed E-state index contributed by atoms with van der Waals surface area (Å²) in [5.41, 5.74) is 7.09. The summed E-state index contributed by atoms with van der Waals surface area (Å²) in [6.07, 6.45) is 0.